The van der Waals surface area contributed by atoms with Crippen molar-refractivity contribution in [2.24, 2.45) is 0 Å². The standard InChI is InChI=1S/C21H16N2O3S2/c1-2-26-21(25)17-16(13-7-4-3-5-8-13)12-23-18(17)22-19(24)15(20(23)27)11-14-9-6-10-28-14/h3-12H,2H2,1H3,(H,22,24). The topological polar surface area (TPSA) is 63.6 Å². The van der Waals surface area contributed by atoms with E-state index in [-0.39, 0.29) is 12.2 Å². The van der Waals surface area contributed by atoms with Crippen molar-refractivity contribution in [3.8, 4) is 11.1 Å². The van der Waals surface area contributed by atoms with Crippen LogP contribution in [0, 0.1) is 4.64 Å². The molecular weight excluding hydrogens is 392 g/mol. The van der Waals surface area contributed by atoms with Crippen molar-refractivity contribution < 1.29 is 9.53 Å². The van der Waals surface area contributed by atoms with Gasteiger partial charge < -0.3 is 9.72 Å². The lowest BCUT2D eigenvalue weighted by Gasteiger charge is -2.04. The zero-order chi connectivity index (χ0) is 19.7. The summed E-state index contributed by atoms with van der Waals surface area (Å²) in [5, 5.41) is 2.32. The summed E-state index contributed by atoms with van der Waals surface area (Å²) in [4.78, 5) is 29.2. The third kappa shape index (κ3) is 3.19. The van der Waals surface area contributed by atoms with E-state index in [0.717, 1.165) is 10.4 Å². The van der Waals surface area contributed by atoms with Crippen LogP contribution in [-0.2, 0) is 4.74 Å². The molecule has 0 saturated carbocycles. The highest BCUT2D eigenvalue weighted by atomic mass is 32.1. The molecule has 1 N–H and O–H groups in total. The first-order chi connectivity index (χ1) is 13.6. The molecule has 28 heavy (non-hydrogen) atoms. The minimum Gasteiger partial charge on any atom is -0.462 e. The summed E-state index contributed by atoms with van der Waals surface area (Å²) in [6, 6.07) is 13.3. The fourth-order valence-corrected chi connectivity index (χ4v) is 4.03. The zero-order valence-electron chi connectivity index (χ0n) is 15.0. The molecule has 0 radical (unpaired) electrons. The van der Waals surface area contributed by atoms with Gasteiger partial charge in [-0.3, -0.25) is 9.20 Å². The quantitative estimate of drug-likeness (QED) is 0.412. The highest BCUT2D eigenvalue weighted by molar-refractivity contribution is 7.71. The third-order valence-corrected chi connectivity index (χ3v) is 5.56. The number of rotatable bonds is 4. The van der Waals surface area contributed by atoms with Gasteiger partial charge in [0.15, 0.2) is 0 Å². The van der Waals surface area contributed by atoms with Gasteiger partial charge in [0.2, 0.25) is 0 Å². The van der Waals surface area contributed by atoms with Crippen LogP contribution in [0.3, 0.4) is 0 Å². The van der Waals surface area contributed by atoms with Crippen molar-refractivity contribution in [1.82, 2.24) is 9.38 Å². The predicted molar refractivity (Wildman–Crippen MR) is 113 cm³/mol. The fraction of sp³-hybridized carbons (Fsp3) is 0.0952. The summed E-state index contributed by atoms with van der Waals surface area (Å²) in [7, 11) is 0. The van der Waals surface area contributed by atoms with E-state index in [2.05, 4.69) is 4.98 Å². The van der Waals surface area contributed by atoms with Gasteiger partial charge in [0.05, 0.1) is 11.8 Å². The number of fused-ring (bicyclic) bond motifs is 1. The summed E-state index contributed by atoms with van der Waals surface area (Å²) < 4.78 is 7.26. The van der Waals surface area contributed by atoms with E-state index in [1.54, 1.807) is 23.6 Å². The molecule has 0 spiro atoms. The summed E-state index contributed by atoms with van der Waals surface area (Å²) >= 11 is 7.11. The molecule has 0 amide bonds. The van der Waals surface area contributed by atoms with Gasteiger partial charge in [0.1, 0.15) is 15.9 Å². The van der Waals surface area contributed by atoms with E-state index >= 15 is 0 Å². The molecule has 4 rings (SSSR count). The van der Waals surface area contributed by atoms with Gasteiger partial charge in [-0.05, 0) is 30.0 Å². The smallest absolute Gasteiger partial charge is 0.342 e. The van der Waals surface area contributed by atoms with Gasteiger partial charge in [-0.15, -0.1) is 11.3 Å². The number of nitrogens with zero attached hydrogens (tertiary/aromatic N) is 1. The van der Waals surface area contributed by atoms with Gasteiger partial charge in [0, 0.05) is 16.6 Å². The maximum Gasteiger partial charge on any atom is 0.342 e. The maximum atomic E-state index is 12.7. The Balaban J connectivity index is 2.07. The SMILES string of the molecule is CCOC(=O)c1c(-c2ccccc2)cn2c(=S)c(=Cc3cccs3)c(=O)[nH]c12. The van der Waals surface area contributed by atoms with Crippen molar-refractivity contribution in [2.45, 2.75) is 6.92 Å². The first-order valence-corrected chi connectivity index (χ1v) is 9.98. The third-order valence-electron chi connectivity index (χ3n) is 4.33. The van der Waals surface area contributed by atoms with E-state index in [9.17, 15) is 9.59 Å². The second-order valence-corrected chi connectivity index (χ2v) is 7.42. The number of hydrogen-bond acceptors (Lipinski definition) is 5. The summed E-state index contributed by atoms with van der Waals surface area (Å²) in [5.74, 6) is -0.496. The van der Waals surface area contributed by atoms with Gasteiger partial charge in [-0.25, -0.2) is 4.79 Å². The highest BCUT2D eigenvalue weighted by Crippen LogP contribution is 2.28. The van der Waals surface area contributed by atoms with Crippen LogP contribution in [0.5, 0.6) is 0 Å². The van der Waals surface area contributed by atoms with Crippen molar-refractivity contribution in [2.75, 3.05) is 6.61 Å². The Bertz CT molecular complexity index is 1320. The Labute approximate surface area is 169 Å². The molecule has 0 fully saturated rings. The largest absolute Gasteiger partial charge is 0.462 e. The molecule has 0 atom stereocenters. The number of ether oxygens (including phenoxy) is 1. The monoisotopic (exact) mass is 408 g/mol. The first-order valence-electron chi connectivity index (χ1n) is 8.69. The first kappa shape index (κ1) is 18.3. The Morgan fingerprint density at radius 3 is 2.71 bits per heavy atom. The minimum atomic E-state index is -0.496. The molecule has 1 aromatic carbocycles. The predicted octanol–water partition coefficient (Wildman–Crippen LogP) is 3.81. The zero-order valence-corrected chi connectivity index (χ0v) is 16.6. The second-order valence-electron chi connectivity index (χ2n) is 6.06. The molecule has 0 aliphatic heterocycles. The maximum absolute atomic E-state index is 12.7. The van der Waals surface area contributed by atoms with Crippen LogP contribution < -0.4 is 10.8 Å². The van der Waals surface area contributed by atoms with Crippen molar-refractivity contribution in [1.29, 1.82) is 0 Å². The lowest BCUT2D eigenvalue weighted by molar-refractivity contribution is 0.0529. The molecule has 0 bridgehead atoms. The summed E-state index contributed by atoms with van der Waals surface area (Å²) in [6.45, 7) is 1.98. The summed E-state index contributed by atoms with van der Waals surface area (Å²) in [6.07, 6.45) is 3.54. The van der Waals surface area contributed by atoms with Gasteiger partial charge in [-0.1, -0.05) is 48.6 Å². The van der Waals surface area contributed by atoms with Crippen LogP contribution >= 0.6 is 23.6 Å². The van der Waals surface area contributed by atoms with Crippen LogP contribution in [0.15, 0.2) is 58.8 Å². The Kier molecular flexibility index (Phi) is 4.93. The Hall–Kier alpha value is -3.03. The number of thiophene rings is 1. The van der Waals surface area contributed by atoms with Gasteiger partial charge in [-0.2, -0.15) is 0 Å². The van der Waals surface area contributed by atoms with E-state index in [0.29, 0.717) is 26.6 Å². The van der Waals surface area contributed by atoms with Crippen LogP contribution in [0.1, 0.15) is 22.2 Å². The van der Waals surface area contributed by atoms with E-state index in [1.807, 2.05) is 47.8 Å². The Morgan fingerprint density at radius 1 is 1.25 bits per heavy atom. The second kappa shape index (κ2) is 7.53. The lowest BCUT2D eigenvalue weighted by Crippen LogP contribution is -2.30. The van der Waals surface area contributed by atoms with Crippen molar-refractivity contribution >= 4 is 41.2 Å². The van der Waals surface area contributed by atoms with E-state index in [4.69, 9.17) is 17.0 Å². The van der Waals surface area contributed by atoms with Crippen molar-refractivity contribution in [3.63, 3.8) is 0 Å². The number of nitrogens with one attached hydrogen (secondary N) is 1. The van der Waals surface area contributed by atoms with E-state index < -0.39 is 5.97 Å². The summed E-state index contributed by atoms with van der Waals surface area (Å²) in [5.41, 5.74) is 1.81. The van der Waals surface area contributed by atoms with E-state index in [1.165, 1.54) is 11.3 Å². The number of carbonyl (C=O) groups excluding carboxylic acids is 1. The molecule has 0 aliphatic rings. The number of hydrogen-bond donors (Lipinski definition) is 1. The molecular formula is C21H16N2O3S2. The molecule has 7 heteroatoms. The fourth-order valence-electron chi connectivity index (χ4n) is 3.08. The average Bonchev–Trinajstić information content (AvgIpc) is 3.34. The van der Waals surface area contributed by atoms with Crippen LogP contribution in [-0.4, -0.2) is 22.0 Å². The highest BCUT2D eigenvalue weighted by Gasteiger charge is 2.22. The molecule has 3 aromatic heterocycles. The number of aromatic amines is 1. The normalized spacial score (nSPS) is 11.8. The number of H-pyrrole nitrogens is 1. The van der Waals surface area contributed by atoms with Crippen molar-refractivity contribution in [3.05, 3.63) is 84.7 Å². The molecule has 5 nitrogen and oxygen atoms in total. The number of aromatic nitrogens is 2. The molecule has 0 aliphatic carbocycles. The molecule has 4 aromatic rings. The van der Waals surface area contributed by atoms with Gasteiger partial charge >= 0.3 is 5.97 Å². The molecule has 3 heterocycles. The molecule has 0 saturated heterocycles. The average molecular weight is 409 g/mol. The van der Waals surface area contributed by atoms with Crippen LogP contribution in [0.4, 0.5) is 0 Å². The van der Waals surface area contributed by atoms with Crippen LogP contribution in [0.25, 0.3) is 22.9 Å². The number of esters is 1. The number of carbonyl (C=O) groups is 1. The van der Waals surface area contributed by atoms with Crippen LogP contribution in [0.2, 0.25) is 0 Å². The molecule has 140 valence electrons. The molecule has 0 unspecified atom stereocenters. The lowest BCUT2D eigenvalue weighted by atomic mass is 10.0. The Morgan fingerprint density at radius 2 is 2.04 bits per heavy atom. The van der Waals surface area contributed by atoms with Gasteiger partial charge in [0.25, 0.3) is 5.56 Å². The number of benzene rings is 1. The minimum absolute atomic E-state index is 0.236.